The van der Waals surface area contributed by atoms with Crippen LogP contribution in [-0.2, 0) is 13.1 Å². The van der Waals surface area contributed by atoms with Crippen LogP contribution in [0.2, 0.25) is 0 Å². The quantitative estimate of drug-likeness (QED) is 0.482. The molecule has 0 radical (unpaired) electrons. The van der Waals surface area contributed by atoms with E-state index in [1.54, 1.807) is 4.80 Å². The second-order valence-electron chi connectivity index (χ2n) is 3.92. The van der Waals surface area contributed by atoms with E-state index in [1.165, 1.54) is 0 Å². The average molecular weight is 352 g/mol. The van der Waals surface area contributed by atoms with Gasteiger partial charge in [0.1, 0.15) is 5.69 Å². The number of halogens is 1. The SMILES string of the molecule is CCn1nc(C)c(CN=C(N)NC(C)C)n1.I. The molecule has 0 fully saturated rings. The maximum absolute atomic E-state index is 5.70. The number of hydrogen-bond acceptors (Lipinski definition) is 3. The summed E-state index contributed by atoms with van der Waals surface area (Å²) < 4.78 is 0. The van der Waals surface area contributed by atoms with Crippen LogP contribution in [0.1, 0.15) is 32.2 Å². The second-order valence-corrected chi connectivity index (χ2v) is 3.92. The Labute approximate surface area is 119 Å². The van der Waals surface area contributed by atoms with E-state index in [2.05, 4.69) is 20.5 Å². The maximum atomic E-state index is 5.70. The number of aryl methyl sites for hydroxylation is 2. The number of rotatable bonds is 4. The zero-order chi connectivity index (χ0) is 12.1. The standard InChI is InChI=1S/C10H20N6.HI/c1-5-16-14-8(4)9(15-16)6-12-10(11)13-7(2)3;/h7H,5-6H2,1-4H3,(H3,11,12,13);1H. The summed E-state index contributed by atoms with van der Waals surface area (Å²) in [5.74, 6) is 0.445. The molecule has 17 heavy (non-hydrogen) atoms. The highest BCUT2D eigenvalue weighted by atomic mass is 127. The summed E-state index contributed by atoms with van der Waals surface area (Å²) >= 11 is 0. The van der Waals surface area contributed by atoms with Gasteiger partial charge in [0.05, 0.1) is 18.8 Å². The Morgan fingerprint density at radius 1 is 1.47 bits per heavy atom. The lowest BCUT2D eigenvalue weighted by atomic mass is 10.3. The Kier molecular flexibility index (Phi) is 7.09. The van der Waals surface area contributed by atoms with Gasteiger partial charge in [0, 0.05) is 6.04 Å². The van der Waals surface area contributed by atoms with Crippen LogP contribution in [0.25, 0.3) is 0 Å². The largest absolute Gasteiger partial charge is 0.370 e. The predicted molar refractivity (Wildman–Crippen MR) is 79.4 cm³/mol. The van der Waals surface area contributed by atoms with Gasteiger partial charge in [-0.05, 0) is 27.7 Å². The zero-order valence-corrected chi connectivity index (χ0v) is 13.1. The summed E-state index contributed by atoms with van der Waals surface area (Å²) in [5, 5.41) is 11.6. The maximum Gasteiger partial charge on any atom is 0.189 e. The number of guanidine groups is 1. The molecule has 0 saturated heterocycles. The number of aromatic nitrogens is 3. The molecule has 0 aromatic carbocycles. The number of hydrogen-bond donors (Lipinski definition) is 2. The number of nitrogens with zero attached hydrogens (tertiary/aromatic N) is 4. The lowest BCUT2D eigenvalue weighted by Gasteiger charge is -2.07. The Balaban J connectivity index is 0.00000256. The average Bonchev–Trinajstić information content (AvgIpc) is 2.55. The van der Waals surface area contributed by atoms with Crippen LogP contribution in [0, 0.1) is 6.92 Å². The minimum absolute atomic E-state index is 0. The smallest absolute Gasteiger partial charge is 0.189 e. The van der Waals surface area contributed by atoms with Crippen molar-refractivity contribution in [2.24, 2.45) is 10.7 Å². The van der Waals surface area contributed by atoms with Gasteiger partial charge < -0.3 is 11.1 Å². The monoisotopic (exact) mass is 352 g/mol. The summed E-state index contributed by atoms with van der Waals surface area (Å²) in [7, 11) is 0. The second kappa shape index (κ2) is 7.46. The Morgan fingerprint density at radius 3 is 2.59 bits per heavy atom. The molecular weight excluding hydrogens is 331 g/mol. The van der Waals surface area contributed by atoms with Gasteiger partial charge in [-0.2, -0.15) is 15.0 Å². The first-order chi connectivity index (χ1) is 7.52. The van der Waals surface area contributed by atoms with Crippen molar-refractivity contribution in [2.75, 3.05) is 0 Å². The van der Waals surface area contributed by atoms with Crippen molar-refractivity contribution < 1.29 is 0 Å². The van der Waals surface area contributed by atoms with E-state index in [0.717, 1.165) is 17.9 Å². The highest BCUT2D eigenvalue weighted by Crippen LogP contribution is 2.02. The van der Waals surface area contributed by atoms with Gasteiger partial charge in [0.15, 0.2) is 5.96 Å². The molecule has 0 unspecified atom stereocenters. The van der Waals surface area contributed by atoms with Crippen molar-refractivity contribution >= 4 is 29.9 Å². The van der Waals surface area contributed by atoms with Crippen LogP contribution in [0.4, 0.5) is 0 Å². The molecule has 1 aromatic rings. The molecule has 0 spiro atoms. The van der Waals surface area contributed by atoms with Gasteiger partial charge in [0.2, 0.25) is 0 Å². The topological polar surface area (TPSA) is 81.1 Å². The molecule has 1 rings (SSSR count). The molecule has 1 heterocycles. The van der Waals surface area contributed by atoms with Crippen LogP contribution in [0.5, 0.6) is 0 Å². The molecule has 0 aliphatic heterocycles. The van der Waals surface area contributed by atoms with E-state index in [-0.39, 0.29) is 30.0 Å². The Hall–Kier alpha value is -0.860. The fraction of sp³-hybridized carbons (Fsp3) is 0.700. The molecule has 6 nitrogen and oxygen atoms in total. The number of nitrogens with two attached hydrogens (primary N) is 1. The molecule has 0 atom stereocenters. The summed E-state index contributed by atoms with van der Waals surface area (Å²) in [6.45, 7) is 9.20. The lowest BCUT2D eigenvalue weighted by molar-refractivity contribution is 0.561. The zero-order valence-electron chi connectivity index (χ0n) is 10.8. The molecule has 3 N–H and O–H groups in total. The molecule has 98 valence electrons. The first-order valence-corrected chi connectivity index (χ1v) is 5.50. The third-order valence-corrected chi connectivity index (χ3v) is 2.04. The third-order valence-electron chi connectivity index (χ3n) is 2.04. The van der Waals surface area contributed by atoms with Gasteiger partial charge in [-0.3, -0.25) is 0 Å². The van der Waals surface area contributed by atoms with Gasteiger partial charge in [-0.1, -0.05) is 0 Å². The van der Waals surface area contributed by atoms with E-state index < -0.39 is 0 Å². The van der Waals surface area contributed by atoms with Gasteiger partial charge in [-0.25, -0.2) is 4.99 Å². The number of nitrogens with one attached hydrogen (secondary N) is 1. The molecule has 7 heteroatoms. The summed E-state index contributed by atoms with van der Waals surface area (Å²) in [4.78, 5) is 5.87. The van der Waals surface area contributed by atoms with E-state index in [0.29, 0.717) is 12.5 Å². The summed E-state index contributed by atoms with van der Waals surface area (Å²) in [5.41, 5.74) is 7.47. The van der Waals surface area contributed by atoms with Crippen molar-refractivity contribution in [1.29, 1.82) is 0 Å². The molecule has 1 aromatic heterocycles. The van der Waals surface area contributed by atoms with E-state index in [9.17, 15) is 0 Å². The highest BCUT2D eigenvalue weighted by molar-refractivity contribution is 14.0. The Bertz CT molecular complexity index is 371. The first kappa shape index (κ1) is 16.1. The molecule has 0 amide bonds. The van der Waals surface area contributed by atoms with Crippen LogP contribution in [0.3, 0.4) is 0 Å². The van der Waals surface area contributed by atoms with E-state index >= 15 is 0 Å². The normalized spacial score (nSPS) is 11.5. The minimum atomic E-state index is 0. The number of aliphatic imine (C=N–C) groups is 1. The van der Waals surface area contributed by atoms with E-state index in [1.807, 2.05) is 27.7 Å². The predicted octanol–water partition coefficient (Wildman–Crippen LogP) is 1.04. The van der Waals surface area contributed by atoms with Gasteiger partial charge >= 0.3 is 0 Å². The van der Waals surface area contributed by atoms with Crippen LogP contribution in [-0.4, -0.2) is 27.0 Å². The van der Waals surface area contributed by atoms with Crippen molar-refractivity contribution in [3.8, 4) is 0 Å². The molecule has 0 saturated carbocycles. The van der Waals surface area contributed by atoms with Crippen molar-refractivity contribution in [2.45, 2.75) is 46.8 Å². The fourth-order valence-electron chi connectivity index (χ4n) is 1.25. The van der Waals surface area contributed by atoms with Crippen LogP contribution < -0.4 is 11.1 Å². The van der Waals surface area contributed by atoms with E-state index in [4.69, 9.17) is 5.73 Å². The summed E-state index contributed by atoms with van der Waals surface area (Å²) in [6.07, 6.45) is 0. The Morgan fingerprint density at radius 2 is 2.12 bits per heavy atom. The summed E-state index contributed by atoms with van der Waals surface area (Å²) in [6, 6.07) is 0.288. The fourth-order valence-corrected chi connectivity index (χ4v) is 1.25. The van der Waals surface area contributed by atoms with Gasteiger partial charge in [-0.15, -0.1) is 24.0 Å². The highest BCUT2D eigenvalue weighted by Gasteiger charge is 2.05. The van der Waals surface area contributed by atoms with Gasteiger partial charge in [0.25, 0.3) is 0 Å². The first-order valence-electron chi connectivity index (χ1n) is 5.50. The van der Waals surface area contributed by atoms with Crippen molar-refractivity contribution in [1.82, 2.24) is 20.3 Å². The van der Waals surface area contributed by atoms with Crippen LogP contribution in [0.15, 0.2) is 4.99 Å². The van der Waals surface area contributed by atoms with Crippen molar-refractivity contribution in [3.05, 3.63) is 11.4 Å². The van der Waals surface area contributed by atoms with Crippen molar-refractivity contribution in [3.63, 3.8) is 0 Å². The molecular formula is C10H21IN6. The lowest BCUT2D eigenvalue weighted by Crippen LogP contribution is -2.36. The molecule has 0 aliphatic carbocycles. The molecule has 0 aliphatic rings. The van der Waals surface area contributed by atoms with Crippen LogP contribution >= 0.6 is 24.0 Å². The molecule has 0 bridgehead atoms. The minimum Gasteiger partial charge on any atom is -0.370 e. The third kappa shape index (κ3) is 5.33.